The molecule has 0 fully saturated rings. The highest BCUT2D eigenvalue weighted by molar-refractivity contribution is 5.93. The highest BCUT2D eigenvalue weighted by atomic mass is 19.2. The van der Waals surface area contributed by atoms with E-state index in [1.54, 1.807) is 12.1 Å². The Kier molecular flexibility index (Phi) is 7.65. The molecule has 0 aliphatic heterocycles. The minimum atomic E-state index is -1.20. The zero-order valence-electron chi connectivity index (χ0n) is 17.4. The molecule has 0 radical (unpaired) electrons. The van der Waals surface area contributed by atoms with Crippen molar-refractivity contribution in [2.75, 3.05) is 0 Å². The Morgan fingerprint density at radius 2 is 1.34 bits per heavy atom. The van der Waals surface area contributed by atoms with E-state index < -0.39 is 35.0 Å². The summed E-state index contributed by atoms with van der Waals surface area (Å²) < 4.78 is 50.6. The summed E-state index contributed by atoms with van der Waals surface area (Å²) >= 11 is 0. The number of hydrogen-bond donors (Lipinski definition) is 0. The molecule has 0 aliphatic carbocycles. The van der Waals surface area contributed by atoms with Crippen molar-refractivity contribution in [1.82, 2.24) is 0 Å². The zero-order chi connectivity index (χ0) is 23.1. The van der Waals surface area contributed by atoms with E-state index in [1.807, 2.05) is 12.1 Å². The molecule has 0 bridgehead atoms. The number of benzene rings is 3. The van der Waals surface area contributed by atoms with Crippen LogP contribution in [0, 0.1) is 17.5 Å². The van der Waals surface area contributed by atoms with E-state index in [1.165, 1.54) is 6.07 Å². The molecule has 0 aromatic heterocycles. The second-order valence-corrected chi connectivity index (χ2v) is 7.15. The van der Waals surface area contributed by atoms with Gasteiger partial charge in [0.05, 0.1) is 11.1 Å². The van der Waals surface area contributed by atoms with Gasteiger partial charge in [-0.3, -0.25) is 0 Å². The van der Waals surface area contributed by atoms with Crippen LogP contribution in [-0.2, 0) is 6.42 Å². The standard InChI is InChI=1S/C25H21F3O4/c1-2-3-4-5-16-6-8-17(9-7-16)24(29)31-18-10-12-20(22(27)14-18)25(30)32-19-11-13-21(26)23(28)15-19/h6-15H,2-5H2,1H3. The third-order valence-corrected chi connectivity index (χ3v) is 4.73. The van der Waals surface area contributed by atoms with Crippen molar-refractivity contribution in [3.05, 3.63) is 94.8 Å². The summed E-state index contributed by atoms with van der Waals surface area (Å²) in [5.41, 5.74) is 0.974. The quantitative estimate of drug-likeness (QED) is 0.234. The van der Waals surface area contributed by atoms with Crippen molar-refractivity contribution < 1.29 is 32.2 Å². The summed E-state index contributed by atoms with van der Waals surface area (Å²) in [6.07, 6.45) is 4.27. The summed E-state index contributed by atoms with van der Waals surface area (Å²) in [4.78, 5) is 24.4. The summed E-state index contributed by atoms with van der Waals surface area (Å²) in [7, 11) is 0. The van der Waals surface area contributed by atoms with Gasteiger partial charge in [-0.25, -0.2) is 22.8 Å². The number of rotatable bonds is 8. The van der Waals surface area contributed by atoms with Gasteiger partial charge in [-0.15, -0.1) is 0 Å². The maximum atomic E-state index is 14.4. The molecule has 0 aliphatic rings. The molecular weight excluding hydrogens is 421 g/mol. The first-order valence-electron chi connectivity index (χ1n) is 10.1. The molecule has 7 heteroatoms. The van der Waals surface area contributed by atoms with E-state index in [4.69, 9.17) is 9.47 Å². The Labute approximate surface area is 183 Å². The Hall–Kier alpha value is -3.61. The van der Waals surface area contributed by atoms with Crippen LogP contribution in [0.2, 0.25) is 0 Å². The van der Waals surface area contributed by atoms with Gasteiger partial charge >= 0.3 is 11.9 Å². The van der Waals surface area contributed by atoms with Crippen molar-refractivity contribution in [2.24, 2.45) is 0 Å². The molecule has 0 heterocycles. The molecule has 0 unspecified atom stereocenters. The molecular formula is C25H21F3O4. The first-order chi connectivity index (χ1) is 15.4. The van der Waals surface area contributed by atoms with Gasteiger partial charge in [0.2, 0.25) is 0 Å². The molecule has 3 rings (SSSR count). The van der Waals surface area contributed by atoms with Gasteiger partial charge in [0, 0.05) is 12.1 Å². The fourth-order valence-electron chi connectivity index (χ4n) is 2.98. The van der Waals surface area contributed by atoms with Crippen LogP contribution < -0.4 is 9.47 Å². The number of unbranched alkanes of at least 4 members (excludes halogenated alkanes) is 2. The topological polar surface area (TPSA) is 52.6 Å². The summed E-state index contributed by atoms with van der Waals surface area (Å²) in [5, 5.41) is 0. The van der Waals surface area contributed by atoms with Gasteiger partial charge in [-0.2, -0.15) is 0 Å². The number of carbonyl (C=O) groups is 2. The molecule has 3 aromatic carbocycles. The average molecular weight is 442 g/mol. The predicted octanol–water partition coefficient (Wildman–Crippen LogP) is 6.28. The smallest absolute Gasteiger partial charge is 0.346 e. The van der Waals surface area contributed by atoms with Gasteiger partial charge < -0.3 is 9.47 Å². The van der Waals surface area contributed by atoms with Gasteiger partial charge in [-0.1, -0.05) is 31.9 Å². The molecule has 32 heavy (non-hydrogen) atoms. The van der Waals surface area contributed by atoms with Gasteiger partial charge in [0.1, 0.15) is 17.3 Å². The molecule has 0 atom stereocenters. The molecule has 0 amide bonds. The number of halogens is 3. The summed E-state index contributed by atoms with van der Waals surface area (Å²) in [6.45, 7) is 2.13. The van der Waals surface area contributed by atoms with Crippen LogP contribution >= 0.6 is 0 Å². The fraction of sp³-hybridized carbons (Fsp3) is 0.200. The number of esters is 2. The Morgan fingerprint density at radius 1 is 0.719 bits per heavy atom. The lowest BCUT2D eigenvalue weighted by Gasteiger charge is -2.08. The van der Waals surface area contributed by atoms with Crippen LogP contribution in [0.5, 0.6) is 11.5 Å². The van der Waals surface area contributed by atoms with Crippen LogP contribution in [0.4, 0.5) is 13.2 Å². The van der Waals surface area contributed by atoms with Crippen molar-refractivity contribution >= 4 is 11.9 Å². The van der Waals surface area contributed by atoms with E-state index in [0.717, 1.165) is 55.5 Å². The highest BCUT2D eigenvalue weighted by Crippen LogP contribution is 2.21. The molecule has 0 spiro atoms. The first kappa shape index (κ1) is 23.1. The number of ether oxygens (including phenoxy) is 2. The molecule has 4 nitrogen and oxygen atoms in total. The molecule has 166 valence electrons. The van der Waals surface area contributed by atoms with Gasteiger partial charge in [0.15, 0.2) is 11.6 Å². The van der Waals surface area contributed by atoms with Crippen molar-refractivity contribution in [2.45, 2.75) is 32.6 Å². The van der Waals surface area contributed by atoms with Crippen LogP contribution in [-0.4, -0.2) is 11.9 Å². The molecule has 3 aromatic rings. The highest BCUT2D eigenvalue weighted by Gasteiger charge is 2.17. The van der Waals surface area contributed by atoms with Gasteiger partial charge in [0.25, 0.3) is 0 Å². The minimum absolute atomic E-state index is 0.0936. The third kappa shape index (κ3) is 5.97. The SMILES string of the molecule is CCCCCc1ccc(C(=O)Oc2ccc(C(=O)Oc3ccc(F)c(F)c3)c(F)c2)cc1. The van der Waals surface area contributed by atoms with E-state index in [-0.39, 0.29) is 11.5 Å². The summed E-state index contributed by atoms with van der Waals surface area (Å²) in [6, 6.07) is 12.7. The van der Waals surface area contributed by atoms with Crippen molar-refractivity contribution in [3.63, 3.8) is 0 Å². The largest absolute Gasteiger partial charge is 0.423 e. The first-order valence-corrected chi connectivity index (χ1v) is 10.1. The zero-order valence-corrected chi connectivity index (χ0v) is 17.4. The van der Waals surface area contributed by atoms with Gasteiger partial charge in [-0.05, 0) is 54.8 Å². The van der Waals surface area contributed by atoms with Crippen LogP contribution in [0.1, 0.15) is 52.5 Å². The van der Waals surface area contributed by atoms with Crippen LogP contribution in [0.25, 0.3) is 0 Å². The van der Waals surface area contributed by atoms with Crippen LogP contribution in [0.15, 0.2) is 60.7 Å². The molecule has 0 saturated carbocycles. The second-order valence-electron chi connectivity index (χ2n) is 7.15. The Bertz CT molecular complexity index is 1110. The third-order valence-electron chi connectivity index (χ3n) is 4.73. The number of aryl methyl sites for hydroxylation is 1. The van der Waals surface area contributed by atoms with Crippen molar-refractivity contribution in [1.29, 1.82) is 0 Å². The maximum absolute atomic E-state index is 14.4. The number of carbonyl (C=O) groups excluding carboxylic acids is 2. The normalized spacial score (nSPS) is 10.6. The van der Waals surface area contributed by atoms with E-state index >= 15 is 0 Å². The molecule has 0 saturated heterocycles. The predicted molar refractivity (Wildman–Crippen MR) is 112 cm³/mol. The summed E-state index contributed by atoms with van der Waals surface area (Å²) in [5.74, 6) is -5.44. The van der Waals surface area contributed by atoms with E-state index in [9.17, 15) is 22.8 Å². The van der Waals surface area contributed by atoms with Crippen LogP contribution in [0.3, 0.4) is 0 Å². The monoisotopic (exact) mass is 442 g/mol. The lowest BCUT2D eigenvalue weighted by Crippen LogP contribution is -2.12. The maximum Gasteiger partial charge on any atom is 0.346 e. The minimum Gasteiger partial charge on any atom is -0.423 e. The Morgan fingerprint density at radius 3 is 1.97 bits per heavy atom. The number of hydrogen-bond acceptors (Lipinski definition) is 4. The lowest BCUT2D eigenvalue weighted by molar-refractivity contribution is 0.0727. The lowest BCUT2D eigenvalue weighted by atomic mass is 10.1. The molecule has 0 N–H and O–H groups in total. The average Bonchev–Trinajstić information content (AvgIpc) is 2.77. The van der Waals surface area contributed by atoms with E-state index in [0.29, 0.717) is 11.6 Å². The van der Waals surface area contributed by atoms with E-state index in [2.05, 4.69) is 6.92 Å². The van der Waals surface area contributed by atoms with Crippen molar-refractivity contribution in [3.8, 4) is 11.5 Å². The second kappa shape index (κ2) is 10.6. The Balaban J connectivity index is 1.63. The fourth-order valence-corrected chi connectivity index (χ4v) is 2.98.